The molecule has 4 saturated heterocycles. The molecule has 9 nitrogen and oxygen atoms in total. The predicted octanol–water partition coefficient (Wildman–Crippen LogP) is 1.08. The van der Waals surface area contributed by atoms with Crippen molar-refractivity contribution in [3.63, 3.8) is 0 Å². The summed E-state index contributed by atoms with van der Waals surface area (Å²) in [6, 6.07) is 2.48. The van der Waals surface area contributed by atoms with E-state index in [-0.39, 0.29) is 6.04 Å². The Morgan fingerprint density at radius 3 is 2.31 bits per heavy atom. The van der Waals surface area contributed by atoms with Crippen LogP contribution in [0.5, 0.6) is 0 Å². The van der Waals surface area contributed by atoms with Gasteiger partial charge in [0.1, 0.15) is 0 Å². The quantitative estimate of drug-likeness (QED) is 0.573. The van der Waals surface area contributed by atoms with Crippen LogP contribution in [0.4, 0.5) is 10.5 Å². The maximum Gasteiger partial charge on any atom is 0.333 e. The molecule has 7 rings (SSSR count). The van der Waals surface area contributed by atoms with Gasteiger partial charge < -0.3 is 20.4 Å². The van der Waals surface area contributed by atoms with Gasteiger partial charge in [0.2, 0.25) is 0 Å². The van der Waals surface area contributed by atoms with Crippen LogP contribution in [-0.4, -0.2) is 93.0 Å². The molecule has 0 saturated carbocycles. The molecule has 2 aliphatic carbocycles. The number of aryl methyl sites for hydroxylation is 2. The predicted molar refractivity (Wildman–Crippen MR) is 136 cm³/mol. The van der Waals surface area contributed by atoms with Crippen LogP contribution in [0.1, 0.15) is 47.9 Å². The lowest BCUT2D eigenvalue weighted by Crippen LogP contribution is -2.54. The molecule has 4 fully saturated rings. The summed E-state index contributed by atoms with van der Waals surface area (Å²) in [6.45, 7) is 8.01. The molecule has 1 aromatic rings. The van der Waals surface area contributed by atoms with E-state index in [1.807, 2.05) is 0 Å². The van der Waals surface area contributed by atoms with Crippen molar-refractivity contribution >= 4 is 21.9 Å². The van der Waals surface area contributed by atoms with Gasteiger partial charge in [-0.2, -0.15) is 12.7 Å². The van der Waals surface area contributed by atoms with Crippen LogP contribution in [0.2, 0.25) is 0 Å². The van der Waals surface area contributed by atoms with Gasteiger partial charge in [0, 0.05) is 57.0 Å². The van der Waals surface area contributed by atoms with Crippen molar-refractivity contribution < 1.29 is 13.2 Å². The van der Waals surface area contributed by atoms with Crippen LogP contribution in [0, 0.1) is 0 Å². The van der Waals surface area contributed by atoms with Crippen molar-refractivity contribution in [2.45, 2.75) is 63.5 Å². The number of amides is 2. The van der Waals surface area contributed by atoms with E-state index in [1.54, 1.807) is 0 Å². The average molecular weight is 503 g/mol. The molecule has 4 bridgehead atoms. The molecular formula is C25H38N6O3S. The maximum absolute atomic E-state index is 12.8. The van der Waals surface area contributed by atoms with Gasteiger partial charge in [-0.25, -0.2) is 9.52 Å². The molecule has 6 aliphatic rings. The van der Waals surface area contributed by atoms with Crippen molar-refractivity contribution in [2.24, 2.45) is 0 Å². The van der Waals surface area contributed by atoms with E-state index in [0.717, 1.165) is 76.3 Å². The lowest BCUT2D eigenvalue weighted by atomic mass is 9.99. The van der Waals surface area contributed by atoms with E-state index >= 15 is 0 Å². The molecule has 4 unspecified atom stereocenters. The van der Waals surface area contributed by atoms with E-state index in [4.69, 9.17) is 0 Å². The molecule has 35 heavy (non-hydrogen) atoms. The van der Waals surface area contributed by atoms with Gasteiger partial charge in [0.15, 0.2) is 0 Å². The minimum absolute atomic E-state index is 0.0192. The Morgan fingerprint density at radius 2 is 1.60 bits per heavy atom. The number of nitrogens with zero attached hydrogens (tertiary/aromatic N) is 3. The summed E-state index contributed by atoms with van der Waals surface area (Å²) in [5.41, 5.74) is 5.91. The first-order chi connectivity index (χ1) is 17.0. The Bertz CT molecular complexity index is 1050. The number of anilines is 1. The van der Waals surface area contributed by atoms with Crippen molar-refractivity contribution in [2.75, 3.05) is 57.7 Å². The Hall–Kier alpha value is -1.72. The van der Waals surface area contributed by atoms with Crippen LogP contribution < -0.4 is 15.4 Å². The summed E-state index contributed by atoms with van der Waals surface area (Å²) < 4.78 is 29.3. The van der Waals surface area contributed by atoms with Crippen molar-refractivity contribution in [3.8, 4) is 0 Å². The number of fused-ring (bicyclic) bond motifs is 6. The van der Waals surface area contributed by atoms with Gasteiger partial charge >= 0.3 is 16.2 Å². The topological polar surface area (TPSA) is 97.0 Å². The maximum atomic E-state index is 12.8. The zero-order chi connectivity index (χ0) is 24.0. The molecule has 0 spiro atoms. The number of hydrogen-bond donors (Lipinski definition) is 3. The first-order valence-electron chi connectivity index (χ1n) is 13.4. The summed E-state index contributed by atoms with van der Waals surface area (Å²) >= 11 is 0. The third kappa shape index (κ3) is 4.83. The Balaban J connectivity index is 0.000000240. The number of hydrogen-bond acceptors (Lipinski definition) is 6. The van der Waals surface area contributed by atoms with Crippen LogP contribution in [0.3, 0.4) is 0 Å². The number of carbonyl (C=O) groups excluding carboxylic acids is 1. The summed E-state index contributed by atoms with van der Waals surface area (Å²) in [5, 5.41) is 6.38. The van der Waals surface area contributed by atoms with Crippen molar-refractivity contribution in [3.05, 3.63) is 28.3 Å². The third-order valence-electron chi connectivity index (χ3n) is 8.67. The highest BCUT2D eigenvalue weighted by atomic mass is 32.2. The molecule has 3 N–H and O–H groups in total. The second-order valence-corrected chi connectivity index (χ2v) is 12.5. The van der Waals surface area contributed by atoms with E-state index in [9.17, 15) is 13.2 Å². The smallest absolute Gasteiger partial charge is 0.311 e. The molecule has 10 heteroatoms. The number of piperazine rings is 2. The minimum Gasteiger partial charge on any atom is -0.311 e. The monoisotopic (exact) mass is 502 g/mol. The molecule has 2 amide bonds. The van der Waals surface area contributed by atoms with E-state index < -0.39 is 16.2 Å². The standard InChI is InChI=1S/C19H26N4O3S.C6H12N2/c24-19(21-27(25,26)23-10-9-22-8-7-15(23)12-22)20-18-16-5-1-3-13(16)11-14-4-2-6-17(14)18;1-3-8-4-2-7-6(1)5-8/h11,15H,1-10,12H2,(H2,20,21,24);6-7H,1-5H2. The second kappa shape index (κ2) is 9.63. The second-order valence-electron chi connectivity index (χ2n) is 10.9. The number of benzene rings is 1. The molecule has 0 radical (unpaired) electrons. The Morgan fingerprint density at radius 1 is 0.886 bits per heavy atom. The van der Waals surface area contributed by atoms with E-state index in [0.29, 0.717) is 6.54 Å². The number of nitrogens with one attached hydrogen (secondary N) is 3. The van der Waals surface area contributed by atoms with Crippen molar-refractivity contribution in [1.29, 1.82) is 0 Å². The molecule has 4 aliphatic heterocycles. The van der Waals surface area contributed by atoms with Gasteiger partial charge in [-0.15, -0.1) is 0 Å². The zero-order valence-electron chi connectivity index (χ0n) is 20.5. The fourth-order valence-corrected chi connectivity index (χ4v) is 8.19. The van der Waals surface area contributed by atoms with Crippen molar-refractivity contribution in [1.82, 2.24) is 24.1 Å². The minimum atomic E-state index is -3.82. The molecule has 4 atom stereocenters. The number of rotatable bonds is 3. The average Bonchev–Trinajstić information content (AvgIpc) is 3.62. The van der Waals surface area contributed by atoms with Gasteiger partial charge in [0.05, 0.1) is 0 Å². The molecule has 192 valence electrons. The van der Waals surface area contributed by atoms with Gasteiger partial charge in [-0.1, -0.05) is 6.07 Å². The lowest BCUT2D eigenvalue weighted by Gasteiger charge is -2.33. The summed E-state index contributed by atoms with van der Waals surface area (Å²) in [4.78, 5) is 17.4. The first kappa shape index (κ1) is 23.7. The van der Waals surface area contributed by atoms with Crippen LogP contribution in [0.25, 0.3) is 0 Å². The molecule has 0 aromatic heterocycles. The van der Waals surface area contributed by atoms with Crippen LogP contribution in [-0.2, 0) is 35.9 Å². The van der Waals surface area contributed by atoms with E-state index in [1.165, 1.54) is 59.2 Å². The Kier molecular flexibility index (Phi) is 6.51. The van der Waals surface area contributed by atoms with Gasteiger partial charge in [-0.05, 0) is 86.7 Å². The van der Waals surface area contributed by atoms with Crippen LogP contribution in [0.15, 0.2) is 6.07 Å². The highest BCUT2D eigenvalue weighted by molar-refractivity contribution is 7.87. The molecule has 4 heterocycles. The van der Waals surface area contributed by atoms with E-state index in [2.05, 4.69) is 31.2 Å². The van der Waals surface area contributed by atoms with Gasteiger partial charge in [-0.3, -0.25) is 0 Å². The lowest BCUT2D eigenvalue weighted by molar-refractivity contribution is 0.211. The first-order valence-corrected chi connectivity index (χ1v) is 14.9. The normalized spacial score (nSPS) is 30.9. The third-order valence-corrected chi connectivity index (χ3v) is 10.2. The Labute approximate surface area is 208 Å². The SMILES string of the molecule is C1CN2CCC(C2)N1.O=C(Nc1c2c(cc3c1CCC3)CCC2)NS(=O)(=O)N1CCN2CCC1C2. The summed E-state index contributed by atoms with van der Waals surface area (Å²) in [6.07, 6.45) is 8.40. The van der Waals surface area contributed by atoms with Gasteiger partial charge in [0.25, 0.3) is 0 Å². The number of urea groups is 1. The molecule has 1 aromatic carbocycles. The fraction of sp³-hybridized carbons (Fsp3) is 0.720. The fourth-order valence-electron chi connectivity index (χ4n) is 6.90. The summed E-state index contributed by atoms with van der Waals surface area (Å²) in [7, 11) is -3.82. The number of carbonyl (C=O) groups is 1. The molecular weight excluding hydrogens is 464 g/mol. The highest BCUT2D eigenvalue weighted by Crippen LogP contribution is 2.38. The highest BCUT2D eigenvalue weighted by Gasteiger charge is 2.39. The zero-order valence-corrected chi connectivity index (χ0v) is 21.3. The summed E-state index contributed by atoms with van der Waals surface area (Å²) in [5.74, 6) is 0. The largest absolute Gasteiger partial charge is 0.333 e. The van der Waals surface area contributed by atoms with Crippen LogP contribution >= 0.6 is 0 Å².